The number of barbiturate groups is 1. The van der Waals surface area contributed by atoms with Gasteiger partial charge in [0.05, 0.1) is 12.2 Å². The van der Waals surface area contributed by atoms with Crippen molar-refractivity contribution in [2.24, 2.45) is 5.41 Å². The van der Waals surface area contributed by atoms with E-state index in [2.05, 4.69) is 4.98 Å². The van der Waals surface area contributed by atoms with Crippen molar-refractivity contribution in [1.29, 1.82) is 0 Å². The van der Waals surface area contributed by atoms with Crippen LogP contribution in [0.3, 0.4) is 0 Å². The molecule has 3 rings (SSSR count). The third-order valence-corrected chi connectivity index (χ3v) is 5.21. The molecule has 7 nitrogen and oxygen atoms in total. The maximum absolute atomic E-state index is 13.0. The van der Waals surface area contributed by atoms with E-state index in [1.54, 1.807) is 13.8 Å². The molecule has 0 N–H and O–H groups in total. The molecule has 0 bridgehead atoms. The minimum atomic E-state index is -1.20. The number of rotatable bonds is 6. The molecule has 0 atom stereocenters. The van der Waals surface area contributed by atoms with Crippen LogP contribution in [-0.2, 0) is 22.6 Å². The Kier molecular flexibility index (Phi) is 5.12. The number of urea groups is 1. The lowest BCUT2D eigenvalue weighted by atomic mass is 9.78. The molecule has 4 amide bonds. The maximum atomic E-state index is 13.0. The average molecular weight is 369 g/mol. The molecule has 1 aliphatic rings. The number of benzene rings is 1. The van der Waals surface area contributed by atoms with Gasteiger partial charge in [-0.15, -0.1) is 0 Å². The summed E-state index contributed by atoms with van der Waals surface area (Å²) in [4.78, 5) is 44.6. The molecule has 0 unspecified atom stereocenters. The van der Waals surface area contributed by atoms with Gasteiger partial charge in [-0.05, 0) is 18.4 Å². The summed E-state index contributed by atoms with van der Waals surface area (Å²) in [6, 6.07) is 9.12. The van der Waals surface area contributed by atoms with Crippen LogP contribution in [0, 0.1) is 5.41 Å². The van der Waals surface area contributed by atoms with Crippen molar-refractivity contribution >= 4 is 17.8 Å². The first-order valence-electron chi connectivity index (χ1n) is 9.04. The van der Waals surface area contributed by atoms with Gasteiger partial charge in [0.25, 0.3) is 0 Å². The predicted molar refractivity (Wildman–Crippen MR) is 97.5 cm³/mol. The number of carbonyl (C=O) groups is 3. The van der Waals surface area contributed by atoms with Crippen LogP contribution in [-0.4, -0.2) is 39.7 Å². The fourth-order valence-electron chi connectivity index (χ4n) is 3.46. The zero-order chi connectivity index (χ0) is 19.6. The van der Waals surface area contributed by atoms with Gasteiger partial charge in [0.2, 0.25) is 11.8 Å². The Morgan fingerprint density at radius 1 is 1.04 bits per heavy atom. The fourth-order valence-corrected chi connectivity index (χ4v) is 3.46. The quantitative estimate of drug-likeness (QED) is 0.731. The summed E-state index contributed by atoms with van der Waals surface area (Å²) in [6.45, 7) is 3.56. The molecule has 0 spiro atoms. The van der Waals surface area contributed by atoms with Gasteiger partial charge >= 0.3 is 6.03 Å². The molecule has 1 saturated heterocycles. The Labute approximate surface area is 158 Å². The van der Waals surface area contributed by atoms with Gasteiger partial charge in [-0.2, -0.15) is 0 Å². The molecule has 1 aromatic heterocycles. The van der Waals surface area contributed by atoms with E-state index < -0.39 is 23.3 Å². The van der Waals surface area contributed by atoms with Crippen LogP contribution in [0.25, 0.3) is 0 Å². The normalized spacial score (nSPS) is 16.9. The third kappa shape index (κ3) is 3.25. The van der Waals surface area contributed by atoms with E-state index in [0.29, 0.717) is 30.8 Å². The van der Waals surface area contributed by atoms with Crippen LogP contribution >= 0.6 is 0 Å². The van der Waals surface area contributed by atoms with E-state index in [9.17, 15) is 14.4 Å². The van der Waals surface area contributed by atoms with Gasteiger partial charge < -0.3 is 4.42 Å². The summed E-state index contributed by atoms with van der Waals surface area (Å²) in [5, 5.41) is 0. The Hall–Kier alpha value is -2.96. The SMILES string of the molecule is CCC1(CC)C(=O)N(C)C(=O)N(Cc2coc(Cc3ccccc3)n2)C1=O. The fraction of sp³-hybridized carbons (Fsp3) is 0.400. The van der Waals surface area contributed by atoms with Crippen LogP contribution in [0.1, 0.15) is 43.8 Å². The summed E-state index contributed by atoms with van der Waals surface area (Å²) >= 11 is 0. The molecular formula is C20H23N3O4. The van der Waals surface area contributed by atoms with Gasteiger partial charge in [-0.25, -0.2) is 9.78 Å². The highest BCUT2D eigenvalue weighted by Crippen LogP contribution is 2.36. The number of amides is 4. The van der Waals surface area contributed by atoms with Gasteiger partial charge in [-0.1, -0.05) is 44.2 Å². The molecule has 1 aromatic carbocycles. The highest BCUT2D eigenvalue weighted by Gasteiger charge is 2.54. The van der Waals surface area contributed by atoms with E-state index in [1.165, 1.54) is 13.3 Å². The first kappa shape index (κ1) is 18.8. The molecule has 2 aromatic rings. The molecule has 0 radical (unpaired) electrons. The minimum absolute atomic E-state index is 0.0185. The number of hydrogen-bond donors (Lipinski definition) is 0. The summed E-state index contributed by atoms with van der Waals surface area (Å²) in [7, 11) is 1.41. The second kappa shape index (κ2) is 7.34. The maximum Gasteiger partial charge on any atom is 0.333 e. The van der Waals surface area contributed by atoms with E-state index in [4.69, 9.17) is 4.42 Å². The van der Waals surface area contributed by atoms with E-state index in [-0.39, 0.29) is 6.54 Å². The highest BCUT2D eigenvalue weighted by atomic mass is 16.3. The van der Waals surface area contributed by atoms with Gasteiger partial charge in [0.1, 0.15) is 11.7 Å². The first-order chi connectivity index (χ1) is 12.9. The Balaban J connectivity index is 1.81. The zero-order valence-corrected chi connectivity index (χ0v) is 15.8. The second-order valence-corrected chi connectivity index (χ2v) is 6.72. The van der Waals surface area contributed by atoms with Crippen molar-refractivity contribution in [3.05, 3.63) is 53.7 Å². The molecule has 1 aliphatic heterocycles. The van der Waals surface area contributed by atoms with Crippen molar-refractivity contribution in [1.82, 2.24) is 14.8 Å². The predicted octanol–water partition coefficient (Wildman–Crippen LogP) is 2.99. The highest BCUT2D eigenvalue weighted by molar-refractivity contribution is 6.18. The number of imide groups is 2. The topological polar surface area (TPSA) is 83.7 Å². The lowest BCUT2D eigenvalue weighted by Gasteiger charge is -2.41. The lowest BCUT2D eigenvalue weighted by molar-refractivity contribution is -0.159. The Bertz CT molecular complexity index is 855. The molecule has 1 fully saturated rings. The van der Waals surface area contributed by atoms with Crippen LogP contribution in [0.5, 0.6) is 0 Å². The monoisotopic (exact) mass is 369 g/mol. The first-order valence-corrected chi connectivity index (χ1v) is 9.04. The summed E-state index contributed by atoms with van der Waals surface area (Å²) in [5.74, 6) is -0.397. The molecule has 142 valence electrons. The molecular weight excluding hydrogens is 346 g/mol. The molecule has 2 heterocycles. The summed E-state index contributed by atoms with van der Waals surface area (Å²) in [6.07, 6.45) is 2.66. The summed E-state index contributed by atoms with van der Waals surface area (Å²) < 4.78 is 5.49. The molecule has 0 saturated carbocycles. The lowest BCUT2D eigenvalue weighted by Crippen LogP contribution is -2.63. The van der Waals surface area contributed by atoms with Crippen LogP contribution in [0.4, 0.5) is 4.79 Å². The van der Waals surface area contributed by atoms with Gasteiger partial charge in [0, 0.05) is 13.5 Å². The van der Waals surface area contributed by atoms with Crippen molar-refractivity contribution in [3.63, 3.8) is 0 Å². The second-order valence-electron chi connectivity index (χ2n) is 6.72. The van der Waals surface area contributed by atoms with E-state index >= 15 is 0 Å². The van der Waals surface area contributed by atoms with Crippen molar-refractivity contribution in [3.8, 4) is 0 Å². The third-order valence-electron chi connectivity index (χ3n) is 5.21. The number of oxazole rings is 1. The minimum Gasteiger partial charge on any atom is -0.448 e. The molecule has 27 heavy (non-hydrogen) atoms. The molecule has 0 aliphatic carbocycles. The average Bonchev–Trinajstić information content (AvgIpc) is 3.13. The van der Waals surface area contributed by atoms with E-state index in [0.717, 1.165) is 15.4 Å². The van der Waals surface area contributed by atoms with Crippen LogP contribution in [0.15, 0.2) is 41.0 Å². The Morgan fingerprint density at radius 2 is 1.70 bits per heavy atom. The Morgan fingerprint density at radius 3 is 2.33 bits per heavy atom. The number of hydrogen-bond acceptors (Lipinski definition) is 5. The zero-order valence-electron chi connectivity index (χ0n) is 15.8. The standard InChI is InChI=1S/C20H23N3O4/c1-4-20(5-2)17(24)22(3)19(26)23(18(20)25)12-15-13-27-16(21-15)11-14-9-7-6-8-10-14/h6-10,13H,4-5,11-12H2,1-3H3. The van der Waals surface area contributed by atoms with Crippen molar-refractivity contribution < 1.29 is 18.8 Å². The van der Waals surface area contributed by atoms with Crippen LogP contribution in [0.2, 0.25) is 0 Å². The van der Waals surface area contributed by atoms with Crippen molar-refractivity contribution in [2.45, 2.75) is 39.7 Å². The van der Waals surface area contributed by atoms with Crippen molar-refractivity contribution in [2.75, 3.05) is 7.05 Å². The number of nitrogens with zero attached hydrogens (tertiary/aromatic N) is 3. The number of aromatic nitrogens is 1. The molecule has 7 heteroatoms. The van der Waals surface area contributed by atoms with Gasteiger partial charge in [0.15, 0.2) is 5.89 Å². The summed E-state index contributed by atoms with van der Waals surface area (Å²) in [5.41, 5.74) is 0.336. The number of carbonyl (C=O) groups excluding carboxylic acids is 3. The smallest absolute Gasteiger partial charge is 0.333 e. The van der Waals surface area contributed by atoms with E-state index in [1.807, 2.05) is 30.3 Å². The van der Waals surface area contributed by atoms with Gasteiger partial charge in [-0.3, -0.25) is 19.4 Å². The van der Waals surface area contributed by atoms with Crippen LogP contribution < -0.4 is 0 Å². The largest absolute Gasteiger partial charge is 0.448 e.